The first-order valence-corrected chi connectivity index (χ1v) is 11.4. The molecule has 0 saturated carbocycles. The van der Waals surface area contributed by atoms with Crippen LogP contribution in [0, 0.1) is 0 Å². The van der Waals surface area contributed by atoms with E-state index < -0.39 is 0 Å². The van der Waals surface area contributed by atoms with Crippen LogP contribution < -0.4 is 26.1 Å². The molecule has 1 aromatic heterocycles. The number of aromatic nitrogens is 1. The lowest BCUT2D eigenvalue weighted by atomic mass is 10.0. The Bertz CT molecular complexity index is 1160. The fraction of sp³-hybridized carbons (Fsp3) is 0.400. The molecule has 1 fully saturated rings. The topological polar surface area (TPSA) is 81.8 Å². The molecule has 0 bridgehead atoms. The average molecular weight is 471 g/mol. The van der Waals surface area contributed by atoms with Crippen LogP contribution in [0.15, 0.2) is 53.3 Å². The van der Waals surface area contributed by atoms with Gasteiger partial charge in [0.25, 0.3) is 5.56 Å². The summed E-state index contributed by atoms with van der Waals surface area (Å²) in [6, 6.07) is 16.1. The Morgan fingerprint density at radius 3 is 2.55 bits per heavy atom. The molecule has 7 nitrogen and oxygen atoms in total. The van der Waals surface area contributed by atoms with E-state index in [2.05, 4.69) is 22.3 Å². The molecule has 176 valence electrons. The second-order valence-corrected chi connectivity index (χ2v) is 8.58. The van der Waals surface area contributed by atoms with Gasteiger partial charge in [0.05, 0.1) is 5.52 Å². The largest absolute Gasteiger partial charge is 0.486 e. The van der Waals surface area contributed by atoms with E-state index in [4.69, 9.17) is 15.2 Å². The second-order valence-electron chi connectivity index (χ2n) is 8.58. The fourth-order valence-electron chi connectivity index (χ4n) is 4.65. The molecule has 0 spiro atoms. The van der Waals surface area contributed by atoms with Gasteiger partial charge in [0, 0.05) is 42.8 Å². The summed E-state index contributed by atoms with van der Waals surface area (Å²) in [5.41, 5.74) is 8.68. The zero-order chi connectivity index (χ0) is 21.9. The predicted molar refractivity (Wildman–Crippen MR) is 134 cm³/mol. The van der Waals surface area contributed by atoms with Gasteiger partial charge in [-0.1, -0.05) is 24.3 Å². The number of likely N-dealkylation sites (tertiary alicyclic amines) is 1. The van der Waals surface area contributed by atoms with E-state index in [1.165, 1.54) is 11.6 Å². The molecule has 33 heavy (non-hydrogen) atoms. The highest BCUT2D eigenvalue weighted by atomic mass is 35.5. The number of hydrogen-bond donors (Lipinski definition) is 2. The molecule has 8 heteroatoms. The van der Waals surface area contributed by atoms with Crippen molar-refractivity contribution >= 4 is 29.0 Å². The number of para-hydroxylation sites is 1. The first kappa shape index (κ1) is 23.4. The number of halogens is 1. The monoisotopic (exact) mass is 470 g/mol. The van der Waals surface area contributed by atoms with E-state index in [1.807, 2.05) is 34.9 Å². The van der Waals surface area contributed by atoms with E-state index in [0.717, 1.165) is 61.4 Å². The minimum absolute atomic E-state index is 0. The number of nitrogens with two attached hydrogens (primary N) is 1. The SMILES string of the molecule is Cl.Nc1cc(=O)n(CCN2CCC(NCc3ccc4c(c3)OCCO4)CC2)c2ccccc12. The molecule has 3 N–H and O–H groups in total. The summed E-state index contributed by atoms with van der Waals surface area (Å²) in [5, 5.41) is 4.63. The molecule has 0 unspecified atom stereocenters. The Hall–Kier alpha value is -2.74. The maximum atomic E-state index is 12.5. The molecule has 2 aromatic carbocycles. The maximum Gasteiger partial charge on any atom is 0.253 e. The third-order valence-electron chi connectivity index (χ3n) is 6.48. The molecule has 1 saturated heterocycles. The smallest absolute Gasteiger partial charge is 0.253 e. The molecule has 0 amide bonds. The first-order chi connectivity index (χ1) is 15.7. The number of nitrogens with one attached hydrogen (secondary N) is 1. The molecular formula is C25H31ClN4O3. The number of hydrogen-bond acceptors (Lipinski definition) is 6. The molecule has 0 aliphatic carbocycles. The molecule has 0 atom stereocenters. The van der Waals surface area contributed by atoms with Gasteiger partial charge in [0.1, 0.15) is 13.2 Å². The summed E-state index contributed by atoms with van der Waals surface area (Å²) >= 11 is 0. The van der Waals surface area contributed by atoms with E-state index in [0.29, 0.717) is 31.5 Å². The van der Waals surface area contributed by atoms with Crippen LogP contribution in [0.5, 0.6) is 11.5 Å². The number of piperidine rings is 1. The molecule has 0 radical (unpaired) electrons. The molecule has 3 heterocycles. The van der Waals surface area contributed by atoms with Crippen LogP contribution >= 0.6 is 12.4 Å². The van der Waals surface area contributed by atoms with Crippen LogP contribution in [-0.4, -0.2) is 48.4 Å². The quantitative estimate of drug-likeness (QED) is 0.576. The number of benzene rings is 2. The van der Waals surface area contributed by atoms with Gasteiger partial charge < -0.3 is 30.0 Å². The van der Waals surface area contributed by atoms with Crippen molar-refractivity contribution < 1.29 is 9.47 Å². The standard InChI is InChI=1S/C25H30N4O3.ClH/c26-21-16-25(30)29(22-4-2-1-3-20(21)22)12-11-28-9-7-19(8-10-28)27-17-18-5-6-23-24(15-18)32-14-13-31-23;/h1-6,15-16,19,27H,7-14,17,26H2;1H. The Balaban J connectivity index is 0.00000259. The Kier molecular flexibility index (Phi) is 7.42. The second kappa shape index (κ2) is 10.5. The van der Waals surface area contributed by atoms with Crippen molar-refractivity contribution in [2.45, 2.75) is 32.0 Å². The van der Waals surface area contributed by atoms with Crippen molar-refractivity contribution in [2.75, 3.05) is 38.6 Å². The number of anilines is 1. The Labute approximate surface area is 199 Å². The van der Waals surface area contributed by atoms with Crippen LogP contribution in [0.3, 0.4) is 0 Å². The molecule has 2 aliphatic rings. The summed E-state index contributed by atoms with van der Waals surface area (Å²) in [7, 11) is 0. The molecule has 3 aromatic rings. The lowest BCUT2D eigenvalue weighted by Gasteiger charge is -2.32. The van der Waals surface area contributed by atoms with Crippen LogP contribution in [0.2, 0.25) is 0 Å². The lowest BCUT2D eigenvalue weighted by Crippen LogP contribution is -2.43. The minimum Gasteiger partial charge on any atom is -0.486 e. The maximum absolute atomic E-state index is 12.5. The van der Waals surface area contributed by atoms with Crippen LogP contribution in [0.1, 0.15) is 18.4 Å². The number of rotatable bonds is 6. The zero-order valence-corrected chi connectivity index (χ0v) is 19.5. The van der Waals surface area contributed by atoms with E-state index in [1.54, 1.807) is 0 Å². The van der Waals surface area contributed by atoms with Crippen molar-refractivity contribution in [2.24, 2.45) is 0 Å². The van der Waals surface area contributed by atoms with Crippen molar-refractivity contribution in [3.63, 3.8) is 0 Å². The van der Waals surface area contributed by atoms with Crippen molar-refractivity contribution in [1.29, 1.82) is 0 Å². The van der Waals surface area contributed by atoms with Gasteiger partial charge in [-0.05, 0) is 49.7 Å². The normalized spacial score (nSPS) is 16.5. The highest BCUT2D eigenvalue weighted by molar-refractivity contribution is 5.90. The van der Waals surface area contributed by atoms with Gasteiger partial charge in [-0.15, -0.1) is 12.4 Å². The summed E-state index contributed by atoms with van der Waals surface area (Å²) < 4.78 is 13.1. The van der Waals surface area contributed by atoms with Gasteiger partial charge in [-0.3, -0.25) is 4.79 Å². The zero-order valence-electron chi connectivity index (χ0n) is 18.7. The fourth-order valence-corrected chi connectivity index (χ4v) is 4.65. The van der Waals surface area contributed by atoms with Gasteiger partial charge >= 0.3 is 0 Å². The molecule has 2 aliphatic heterocycles. The third kappa shape index (κ3) is 5.27. The van der Waals surface area contributed by atoms with Crippen molar-refractivity contribution in [1.82, 2.24) is 14.8 Å². The Morgan fingerprint density at radius 2 is 1.73 bits per heavy atom. The first-order valence-electron chi connectivity index (χ1n) is 11.4. The summed E-state index contributed by atoms with van der Waals surface area (Å²) in [4.78, 5) is 15.0. The highest BCUT2D eigenvalue weighted by Crippen LogP contribution is 2.30. The van der Waals surface area contributed by atoms with Crippen LogP contribution in [-0.2, 0) is 13.1 Å². The predicted octanol–water partition coefficient (Wildman–Crippen LogP) is 3.03. The van der Waals surface area contributed by atoms with Crippen LogP contribution in [0.25, 0.3) is 10.9 Å². The van der Waals surface area contributed by atoms with Gasteiger partial charge in [-0.2, -0.15) is 0 Å². The molecule has 5 rings (SSSR count). The highest BCUT2D eigenvalue weighted by Gasteiger charge is 2.19. The summed E-state index contributed by atoms with van der Waals surface area (Å²) in [6.45, 7) is 5.65. The van der Waals surface area contributed by atoms with Gasteiger partial charge in [0.2, 0.25) is 0 Å². The molecular weight excluding hydrogens is 440 g/mol. The van der Waals surface area contributed by atoms with E-state index >= 15 is 0 Å². The number of ether oxygens (including phenoxy) is 2. The van der Waals surface area contributed by atoms with Gasteiger partial charge in [-0.25, -0.2) is 0 Å². The van der Waals surface area contributed by atoms with Crippen molar-refractivity contribution in [3.05, 3.63) is 64.4 Å². The lowest BCUT2D eigenvalue weighted by molar-refractivity contribution is 0.171. The summed E-state index contributed by atoms with van der Waals surface area (Å²) in [5.74, 6) is 1.68. The van der Waals surface area contributed by atoms with Crippen LogP contribution in [0.4, 0.5) is 5.69 Å². The van der Waals surface area contributed by atoms with E-state index in [9.17, 15) is 4.79 Å². The van der Waals surface area contributed by atoms with E-state index in [-0.39, 0.29) is 18.0 Å². The third-order valence-corrected chi connectivity index (χ3v) is 6.48. The number of fused-ring (bicyclic) bond motifs is 2. The number of nitrogens with zero attached hydrogens (tertiary/aromatic N) is 2. The number of nitrogen functional groups attached to an aromatic ring is 1. The minimum atomic E-state index is -0.0304. The van der Waals surface area contributed by atoms with Crippen molar-refractivity contribution in [3.8, 4) is 11.5 Å². The Morgan fingerprint density at radius 1 is 0.970 bits per heavy atom. The van der Waals surface area contributed by atoms with Gasteiger partial charge in [0.15, 0.2) is 11.5 Å². The summed E-state index contributed by atoms with van der Waals surface area (Å²) in [6.07, 6.45) is 2.20. The average Bonchev–Trinajstić information content (AvgIpc) is 2.83. The number of pyridine rings is 1.